The first-order valence-corrected chi connectivity index (χ1v) is 3.93. The summed E-state index contributed by atoms with van der Waals surface area (Å²) in [6, 6.07) is 0. The van der Waals surface area contributed by atoms with Crippen LogP contribution in [0.1, 0.15) is 13.3 Å². The number of ether oxygens (including phenoxy) is 2. The monoisotopic (exact) mass is 176 g/mol. The van der Waals surface area contributed by atoms with Gasteiger partial charge in [0.15, 0.2) is 0 Å². The zero-order chi connectivity index (χ0) is 8.27. The van der Waals surface area contributed by atoms with Gasteiger partial charge in [0, 0.05) is 6.42 Å². The standard InChI is InChI=1S/C6H12N2O2S/c1-4-5(2-3-9-4)10-6(11)8-7/h4-5H,2-3,7H2,1H3,(H,8,11). The van der Waals surface area contributed by atoms with E-state index >= 15 is 0 Å². The second-order valence-electron chi connectivity index (χ2n) is 2.45. The molecule has 1 rings (SSSR count). The largest absolute Gasteiger partial charge is 0.464 e. The highest BCUT2D eigenvalue weighted by atomic mass is 32.1. The number of hydrazine groups is 1. The summed E-state index contributed by atoms with van der Waals surface area (Å²) in [7, 11) is 0. The lowest BCUT2D eigenvalue weighted by Crippen LogP contribution is -2.35. The fourth-order valence-electron chi connectivity index (χ4n) is 1.04. The highest BCUT2D eigenvalue weighted by Gasteiger charge is 2.26. The van der Waals surface area contributed by atoms with Gasteiger partial charge in [-0.15, -0.1) is 0 Å². The smallest absolute Gasteiger partial charge is 0.271 e. The normalized spacial score (nSPS) is 30.0. The van der Waals surface area contributed by atoms with E-state index in [-0.39, 0.29) is 17.4 Å². The van der Waals surface area contributed by atoms with Crippen LogP contribution < -0.4 is 11.3 Å². The van der Waals surface area contributed by atoms with E-state index in [0.717, 1.165) is 13.0 Å². The fourth-order valence-corrected chi connectivity index (χ4v) is 1.16. The van der Waals surface area contributed by atoms with Gasteiger partial charge in [0.05, 0.1) is 12.7 Å². The molecular weight excluding hydrogens is 164 g/mol. The minimum Gasteiger partial charge on any atom is -0.464 e. The lowest BCUT2D eigenvalue weighted by molar-refractivity contribution is 0.0614. The third-order valence-electron chi connectivity index (χ3n) is 1.68. The zero-order valence-electron chi connectivity index (χ0n) is 6.37. The van der Waals surface area contributed by atoms with Crippen molar-refractivity contribution in [2.45, 2.75) is 25.6 Å². The molecule has 1 aliphatic heterocycles. The average molecular weight is 176 g/mol. The molecule has 0 aromatic heterocycles. The van der Waals surface area contributed by atoms with E-state index in [1.165, 1.54) is 0 Å². The molecule has 5 heteroatoms. The number of hydrogen-bond donors (Lipinski definition) is 2. The van der Waals surface area contributed by atoms with E-state index in [0.29, 0.717) is 0 Å². The highest BCUT2D eigenvalue weighted by molar-refractivity contribution is 7.80. The number of hydrogen-bond acceptors (Lipinski definition) is 4. The van der Waals surface area contributed by atoms with Crippen molar-refractivity contribution < 1.29 is 9.47 Å². The Morgan fingerprint density at radius 1 is 1.82 bits per heavy atom. The molecule has 1 fully saturated rings. The van der Waals surface area contributed by atoms with Crippen LogP contribution in [0.4, 0.5) is 0 Å². The van der Waals surface area contributed by atoms with Crippen molar-refractivity contribution in [3.63, 3.8) is 0 Å². The van der Waals surface area contributed by atoms with Crippen molar-refractivity contribution in [3.8, 4) is 0 Å². The summed E-state index contributed by atoms with van der Waals surface area (Å²) in [5.41, 5.74) is 2.27. The van der Waals surface area contributed by atoms with Gasteiger partial charge < -0.3 is 9.47 Å². The number of rotatable bonds is 1. The van der Waals surface area contributed by atoms with E-state index in [9.17, 15) is 0 Å². The Hall–Kier alpha value is -0.390. The van der Waals surface area contributed by atoms with E-state index in [2.05, 4.69) is 5.43 Å². The Balaban J connectivity index is 2.30. The third-order valence-corrected chi connectivity index (χ3v) is 1.90. The summed E-state index contributed by atoms with van der Waals surface area (Å²) < 4.78 is 10.5. The van der Waals surface area contributed by atoms with Gasteiger partial charge in [0.25, 0.3) is 5.17 Å². The molecule has 1 saturated heterocycles. The maximum absolute atomic E-state index is 5.26. The van der Waals surface area contributed by atoms with E-state index in [1.807, 2.05) is 6.92 Å². The molecule has 0 radical (unpaired) electrons. The summed E-state index contributed by atoms with van der Waals surface area (Å²) in [6.07, 6.45) is 1.04. The predicted octanol–water partition coefficient (Wildman–Crippen LogP) is -0.0714. The van der Waals surface area contributed by atoms with Crippen molar-refractivity contribution in [2.24, 2.45) is 5.84 Å². The van der Waals surface area contributed by atoms with Crippen molar-refractivity contribution in [3.05, 3.63) is 0 Å². The van der Waals surface area contributed by atoms with Gasteiger partial charge in [-0.1, -0.05) is 0 Å². The molecule has 2 unspecified atom stereocenters. The van der Waals surface area contributed by atoms with Gasteiger partial charge in [-0.3, -0.25) is 5.43 Å². The van der Waals surface area contributed by atoms with Crippen LogP contribution in [-0.2, 0) is 9.47 Å². The first kappa shape index (κ1) is 8.70. The maximum Gasteiger partial charge on any atom is 0.271 e. The average Bonchev–Trinajstić information content (AvgIpc) is 2.37. The van der Waals surface area contributed by atoms with Crippen LogP contribution in [-0.4, -0.2) is 24.0 Å². The first-order chi connectivity index (χ1) is 5.24. The SMILES string of the molecule is CC1OCCC1OC(=S)NN. The molecule has 3 N–H and O–H groups in total. The summed E-state index contributed by atoms with van der Waals surface area (Å²) >= 11 is 4.73. The minimum absolute atomic E-state index is 0.0542. The minimum atomic E-state index is 0.0542. The molecule has 0 bridgehead atoms. The molecule has 0 amide bonds. The Morgan fingerprint density at radius 2 is 2.55 bits per heavy atom. The molecular formula is C6H12N2O2S. The van der Waals surface area contributed by atoms with Crippen molar-refractivity contribution in [1.29, 1.82) is 0 Å². The van der Waals surface area contributed by atoms with Gasteiger partial charge in [-0.25, -0.2) is 5.84 Å². The number of thiocarbonyl (C=S) groups is 1. The van der Waals surface area contributed by atoms with Crippen molar-refractivity contribution >= 4 is 17.4 Å². The third kappa shape index (κ3) is 2.28. The number of nitrogens with one attached hydrogen (secondary N) is 1. The summed E-state index contributed by atoms with van der Waals surface area (Å²) in [4.78, 5) is 0. The molecule has 2 atom stereocenters. The topological polar surface area (TPSA) is 56.5 Å². The molecule has 0 aromatic carbocycles. The Morgan fingerprint density at radius 3 is 3.00 bits per heavy atom. The maximum atomic E-state index is 5.26. The van der Waals surface area contributed by atoms with Crippen LogP contribution in [0.25, 0.3) is 0 Å². The van der Waals surface area contributed by atoms with Crippen LogP contribution in [0.15, 0.2) is 0 Å². The second-order valence-corrected chi connectivity index (χ2v) is 2.82. The lowest BCUT2D eigenvalue weighted by atomic mass is 10.2. The molecule has 0 saturated carbocycles. The van der Waals surface area contributed by atoms with Gasteiger partial charge >= 0.3 is 0 Å². The molecule has 0 aliphatic carbocycles. The molecule has 4 nitrogen and oxygen atoms in total. The van der Waals surface area contributed by atoms with Crippen molar-refractivity contribution in [2.75, 3.05) is 6.61 Å². The Bertz CT molecular complexity index is 154. The highest BCUT2D eigenvalue weighted by Crippen LogP contribution is 2.16. The van der Waals surface area contributed by atoms with Crippen molar-refractivity contribution in [1.82, 2.24) is 5.43 Å². The predicted molar refractivity (Wildman–Crippen MR) is 44.8 cm³/mol. The van der Waals surface area contributed by atoms with E-state index in [1.54, 1.807) is 0 Å². The molecule has 1 heterocycles. The molecule has 0 aromatic rings. The second kappa shape index (κ2) is 3.85. The molecule has 1 aliphatic rings. The van der Waals surface area contributed by atoms with Gasteiger partial charge in [0.1, 0.15) is 6.10 Å². The van der Waals surface area contributed by atoms with E-state index < -0.39 is 0 Å². The lowest BCUT2D eigenvalue weighted by Gasteiger charge is -2.15. The van der Waals surface area contributed by atoms with E-state index in [4.69, 9.17) is 27.5 Å². The summed E-state index contributed by atoms with van der Waals surface area (Å²) in [5, 5.41) is 0.229. The fraction of sp³-hybridized carbons (Fsp3) is 0.833. The van der Waals surface area contributed by atoms with Crippen LogP contribution in [0, 0.1) is 0 Å². The number of nitrogens with two attached hydrogens (primary N) is 1. The zero-order valence-corrected chi connectivity index (χ0v) is 7.19. The van der Waals surface area contributed by atoms with Crippen LogP contribution in [0.3, 0.4) is 0 Å². The Labute approximate surface area is 71.0 Å². The Kier molecular flexibility index (Phi) is 3.04. The molecule has 0 spiro atoms. The quantitative estimate of drug-likeness (QED) is 0.333. The van der Waals surface area contributed by atoms with Gasteiger partial charge in [-0.2, -0.15) is 0 Å². The van der Waals surface area contributed by atoms with Gasteiger partial charge in [0.2, 0.25) is 0 Å². The molecule has 64 valence electrons. The van der Waals surface area contributed by atoms with Gasteiger partial charge in [-0.05, 0) is 19.1 Å². The summed E-state index contributed by atoms with van der Waals surface area (Å²) in [6.45, 7) is 2.69. The van der Waals surface area contributed by atoms with Crippen LogP contribution >= 0.6 is 12.2 Å². The first-order valence-electron chi connectivity index (χ1n) is 3.53. The summed E-state index contributed by atoms with van der Waals surface area (Å²) in [5.74, 6) is 5.04. The molecule has 11 heavy (non-hydrogen) atoms. The van der Waals surface area contributed by atoms with Crippen LogP contribution in [0.5, 0.6) is 0 Å². The van der Waals surface area contributed by atoms with Crippen LogP contribution in [0.2, 0.25) is 0 Å².